The lowest BCUT2D eigenvalue weighted by Crippen LogP contribution is -2.15. The highest BCUT2D eigenvalue weighted by atomic mass is 15.2. The molecule has 0 saturated carbocycles. The van der Waals surface area contributed by atoms with Gasteiger partial charge in [0.2, 0.25) is 0 Å². The van der Waals surface area contributed by atoms with Crippen molar-refractivity contribution in [1.29, 1.82) is 0 Å². The summed E-state index contributed by atoms with van der Waals surface area (Å²) in [5.74, 6) is 0. The number of benzene rings is 9. The molecule has 0 radical (unpaired) electrons. The molecule has 10 aromatic rings. The second kappa shape index (κ2) is 12.2. The van der Waals surface area contributed by atoms with Gasteiger partial charge in [-0.25, -0.2) is 0 Å². The highest BCUT2D eigenvalue weighted by Gasteiger charge is 2.28. The van der Waals surface area contributed by atoms with Gasteiger partial charge in [0.1, 0.15) is 0 Å². The topological polar surface area (TPSA) is 8.17 Å². The fourth-order valence-corrected chi connectivity index (χ4v) is 8.59. The Labute approximate surface area is 314 Å². The molecule has 2 nitrogen and oxygen atoms in total. The van der Waals surface area contributed by atoms with E-state index in [-0.39, 0.29) is 0 Å². The van der Waals surface area contributed by atoms with Gasteiger partial charge in [0, 0.05) is 33.1 Å². The van der Waals surface area contributed by atoms with Gasteiger partial charge in [-0.05, 0) is 98.9 Å². The van der Waals surface area contributed by atoms with Gasteiger partial charge in [0.25, 0.3) is 0 Å². The third kappa shape index (κ3) is 4.81. The van der Waals surface area contributed by atoms with E-state index in [1.165, 1.54) is 88.5 Å². The maximum absolute atomic E-state index is 2.48. The summed E-state index contributed by atoms with van der Waals surface area (Å²) in [5, 5.41) is 5.00. The number of hydrogen-bond acceptors (Lipinski definition) is 1. The molecule has 54 heavy (non-hydrogen) atoms. The van der Waals surface area contributed by atoms with Crippen molar-refractivity contribution >= 4 is 49.6 Å². The van der Waals surface area contributed by atoms with Gasteiger partial charge in [0.05, 0.1) is 22.4 Å². The van der Waals surface area contributed by atoms with Crippen molar-refractivity contribution in [3.05, 3.63) is 206 Å². The van der Waals surface area contributed by atoms with E-state index in [2.05, 4.69) is 216 Å². The van der Waals surface area contributed by atoms with Crippen molar-refractivity contribution in [1.82, 2.24) is 4.57 Å². The lowest BCUT2D eigenvalue weighted by atomic mass is 9.89. The number of nitrogens with zero attached hydrogens (tertiary/aromatic N) is 2. The van der Waals surface area contributed by atoms with Crippen LogP contribution in [-0.2, 0) is 0 Å². The third-order valence-corrected chi connectivity index (χ3v) is 11.1. The predicted molar refractivity (Wildman–Crippen MR) is 228 cm³/mol. The van der Waals surface area contributed by atoms with Crippen LogP contribution in [0.2, 0.25) is 0 Å². The van der Waals surface area contributed by atoms with E-state index < -0.39 is 0 Å². The first-order chi connectivity index (χ1) is 26.8. The van der Waals surface area contributed by atoms with E-state index in [9.17, 15) is 0 Å². The van der Waals surface area contributed by atoms with Gasteiger partial charge in [-0.15, -0.1) is 0 Å². The van der Waals surface area contributed by atoms with Crippen molar-refractivity contribution in [2.24, 2.45) is 0 Å². The molecule has 2 heteroatoms. The van der Waals surface area contributed by atoms with Gasteiger partial charge in [-0.3, -0.25) is 0 Å². The fourth-order valence-electron chi connectivity index (χ4n) is 8.59. The summed E-state index contributed by atoms with van der Waals surface area (Å²) in [6.45, 7) is 0. The van der Waals surface area contributed by atoms with Crippen molar-refractivity contribution in [2.45, 2.75) is 0 Å². The second-order valence-corrected chi connectivity index (χ2v) is 14.2. The zero-order valence-corrected chi connectivity index (χ0v) is 29.5. The minimum absolute atomic E-state index is 1.14. The van der Waals surface area contributed by atoms with Crippen LogP contribution in [0.1, 0.15) is 0 Å². The molecule has 0 bridgehead atoms. The Balaban J connectivity index is 1.23. The number of fused-ring (bicyclic) bond motifs is 5. The monoisotopic (exact) mass is 686 g/mol. The first-order valence-electron chi connectivity index (χ1n) is 18.6. The summed E-state index contributed by atoms with van der Waals surface area (Å²) in [4.78, 5) is 2.48. The Hall–Kier alpha value is -7.16. The Bertz CT molecular complexity index is 3030. The Morgan fingerprint density at radius 3 is 1.50 bits per heavy atom. The van der Waals surface area contributed by atoms with Crippen molar-refractivity contribution in [3.63, 3.8) is 0 Å². The van der Waals surface area contributed by atoms with Gasteiger partial charge < -0.3 is 9.47 Å². The van der Waals surface area contributed by atoms with Gasteiger partial charge in [-0.2, -0.15) is 0 Å². The molecule has 0 spiro atoms. The lowest BCUT2D eigenvalue weighted by molar-refractivity contribution is 1.18. The first-order valence-corrected chi connectivity index (χ1v) is 18.6. The standard InChI is InChI=1S/C52H34N2/c1-4-14-35(15-5-1)39-22-10-24-42(30-39)53-48-29-28-41(37-18-8-3-9-19-37)32-45(48)47-33-46-44-26-12-20-38-21-13-27-49(52(38)44)54(50(46)34-51(47)53)43-25-11-23-40(31-43)36-16-6-2-7-17-36/h1-34H. The van der Waals surface area contributed by atoms with Crippen LogP contribution in [0.25, 0.3) is 82.8 Å². The predicted octanol–water partition coefficient (Wildman–Crippen LogP) is 14.4. The maximum atomic E-state index is 2.48. The molecule has 0 fully saturated rings. The number of hydrogen-bond donors (Lipinski definition) is 0. The third-order valence-electron chi connectivity index (χ3n) is 11.1. The zero-order chi connectivity index (χ0) is 35.6. The van der Waals surface area contributed by atoms with E-state index in [0.717, 1.165) is 11.4 Å². The SMILES string of the molecule is c1ccc(-c2cccc(N3c4cc5c(cc4-c4cccc6cccc3c46)c3cc(-c4ccccc4)ccc3n5-c3cccc(-c4ccccc4)c3)c2)cc1. The largest absolute Gasteiger partial charge is 0.309 e. The minimum Gasteiger partial charge on any atom is -0.309 e. The summed E-state index contributed by atoms with van der Waals surface area (Å²) in [6.07, 6.45) is 0. The van der Waals surface area contributed by atoms with Crippen molar-refractivity contribution in [3.8, 4) is 50.2 Å². The van der Waals surface area contributed by atoms with Gasteiger partial charge in [0.15, 0.2) is 0 Å². The van der Waals surface area contributed by atoms with Crippen LogP contribution in [0.5, 0.6) is 0 Å². The number of anilines is 3. The van der Waals surface area contributed by atoms with E-state index in [4.69, 9.17) is 0 Å². The average molecular weight is 687 g/mol. The Kier molecular flexibility index (Phi) is 6.90. The summed E-state index contributed by atoms with van der Waals surface area (Å²) >= 11 is 0. The molecule has 0 aliphatic carbocycles. The molecule has 11 rings (SSSR count). The molecule has 0 unspecified atom stereocenters. The van der Waals surface area contributed by atoms with E-state index in [0.29, 0.717) is 0 Å². The Morgan fingerprint density at radius 1 is 0.296 bits per heavy atom. The minimum atomic E-state index is 1.14. The molecule has 0 amide bonds. The van der Waals surface area contributed by atoms with Crippen LogP contribution in [-0.4, -0.2) is 4.57 Å². The van der Waals surface area contributed by atoms with Crippen LogP contribution in [0.15, 0.2) is 206 Å². The summed E-state index contributed by atoms with van der Waals surface area (Å²) in [6, 6.07) is 75.3. The molecule has 0 saturated heterocycles. The molecule has 1 aliphatic heterocycles. The van der Waals surface area contributed by atoms with E-state index in [1.807, 2.05) is 0 Å². The molecule has 1 aromatic heterocycles. The highest BCUT2D eigenvalue weighted by Crippen LogP contribution is 2.53. The van der Waals surface area contributed by atoms with Crippen LogP contribution in [0.4, 0.5) is 17.1 Å². The number of rotatable bonds is 5. The van der Waals surface area contributed by atoms with Crippen LogP contribution < -0.4 is 4.90 Å². The molecule has 1 aliphatic rings. The van der Waals surface area contributed by atoms with Crippen LogP contribution in [0, 0.1) is 0 Å². The van der Waals surface area contributed by atoms with Gasteiger partial charge >= 0.3 is 0 Å². The average Bonchev–Trinajstić information content (AvgIpc) is 3.57. The molecule has 0 N–H and O–H groups in total. The van der Waals surface area contributed by atoms with Gasteiger partial charge in [-0.1, -0.05) is 152 Å². The summed E-state index contributed by atoms with van der Waals surface area (Å²) < 4.78 is 2.46. The molecule has 252 valence electrons. The smallest absolute Gasteiger partial charge is 0.0562 e. The first kappa shape index (κ1) is 30.5. The molecular weight excluding hydrogens is 653 g/mol. The normalized spacial score (nSPS) is 12.0. The zero-order valence-electron chi connectivity index (χ0n) is 29.5. The summed E-state index contributed by atoms with van der Waals surface area (Å²) in [7, 11) is 0. The van der Waals surface area contributed by atoms with Crippen LogP contribution >= 0.6 is 0 Å². The quantitative estimate of drug-likeness (QED) is 0.175. The van der Waals surface area contributed by atoms with E-state index in [1.54, 1.807) is 0 Å². The molecular formula is C52H34N2. The van der Waals surface area contributed by atoms with Crippen molar-refractivity contribution in [2.75, 3.05) is 4.90 Å². The number of aromatic nitrogens is 1. The molecule has 9 aromatic carbocycles. The Morgan fingerprint density at radius 2 is 0.833 bits per heavy atom. The van der Waals surface area contributed by atoms with Crippen LogP contribution in [0.3, 0.4) is 0 Å². The molecule has 0 atom stereocenters. The fraction of sp³-hybridized carbons (Fsp3) is 0. The van der Waals surface area contributed by atoms with Crippen molar-refractivity contribution < 1.29 is 0 Å². The molecule has 2 heterocycles. The summed E-state index contributed by atoms with van der Waals surface area (Å²) in [5.41, 5.74) is 16.7. The second-order valence-electron chi connectivity index (χ2n) is 14.2. The highest BCUT2D eigenvalue weighted by molar-refractivity contribution is 6.19. The lowest BCUT2D eigenvalue weighted by Gasteiger charge is -2.34. The van der Waals surface area contributed by atoms with E-state index >= 15 is 0 Å². The maximum Gasteiger partial charge on any atom is 0.0562 e.